The number of hydrogen-bond acceptors (Lipinski definition) is 6. The number of nitrogens with zero attached hydrogens (tertiary/aromatic N) is 5. The lowest BCUT2D eigenvalue weighted by molar-refractivity contribution is 0.0750. The Kier molecular flexibility index (Phi) is 6.54. The summed E-state index contributed by atoms with van der Waals surface area (Å²) in [5.41, 5.74) is 13.6. The molecule has 2 aliphatic heterocycles. The summed E-state index contributed by atoms with van der Waals surface area (Å²) in [5, 5.41) is 3.63. The van der Waals surface area contributed by atoms with Crippen molar-refractivity contribution in [3.63, 3.8) is 0 Å². The Balaban J connectivity index is 1.21. The lowest BCUT2D eigenvalue weighted by atomic mass is 9.73. The average Bonchev–Trinajstić information content (AvgIpc) is 3.38. The Morgan fingerprint density at radius 2 is 1.68 bits per heavy atom. The van der Waals surface area contributed by atoms with Crippen LogP contribution in [0.4, 0.5) is 5.82 Å². The third-order valence-electron chi connectivity index (χ3n) is 8.73. The number of rotatable bonds is 5. The number of nitrogens with one attached hydrogen (secondary N) is 1. The topological polar surface area (TPSA) is 84.9 Å². The zero-order valence-corrected chi connectivity index (χ0v) is 22.8. The molecule has 202 valence electrons. The van der Waals surface area contributed by atoms with Crippen molar-refractivity contribution < 1.29 is 0 Å². The van der Waals surface area contributed by atoms with Crippen molar-refractivity contribution >= 4 is 17.0 Å². The number of fused-ring (bicyclic) bond motifs is 1. The van der Waals surface area contributed by atoms with Crippen molar-refractivity contribution in [2.24, 2.45) is 5.41 Å². The van der Waals surface area contributed by atoms with E-state index in [0.29, 0.717) is 11.2 Å². The van der Waals surface area contributed by atoms with Gasteiger partial charge in [0, 0.05) is 30.5 Å². The first-order chi connectivity index (χ1) is 19.7. The first-order valence-electron chi connectivity index (χ1n) is 14.4. The number of pyridine rings is 2. The van der Waals surface area contributed by atoms with Gasteiger partial charge in [-0.25, -0.2) is 15.0 Å². The zero-order valence-electron chi connectivity index (χ0n) is 22.8. The van der Waals surface area contributed by atoms with Crippen LogP contribution in [0.25, 0.3) is 39.5 Å². The van der Waals surface area contributed by atoms with Crippen LogP contribution in [-0.4, -0.2) is 50.6 Å². The maximum Gasteiger partial charge on any atom is 0.165 e. The number of hydrogen-bond donors (Lipinski definition) is 2. The second-order valence-corrected chi connectivity index (χ2v) is 11.3. The third kappa shape index (κ3) is 4.76. The van der Waals surface area contributed by atoms with Crippen LogP contribution >= 0.6 is 0 Å². The van der Waals surface area contributed by atoms with E-state index in [2.05, 4.69) is 56.2 Å². The van der Waals surface area contributed by atoms with Crippen LogP contribution in [0, 0.1) is 5.41 Å². The highest BCUT2D eigenvalue weighted by Gasteiger charge is 2.35. The molecule has 5 aromatic rings. The molecule has 2 aliphatic rings. The zero-order chi connectivity index (χ0) is 26.9. The Hall–Kier alpha value is -4.07. The Labute approximate surface area is 235 Å². The second kappa shape index (κ2) is 10.5. The van der Waals surface area contributed by atoms with E-state index in [9.17, 15) is 0 Å². The summed E-state index contributed by atoms with van der Waals surface area (Å²) in [4.78, 5) is 17.0. The monoisotopic (exact) mass is 529 g/mol. The fraction of sp³-hybridized carbons (Fsp3) is 0.303. The molecule has 2 aromatic carbocycles. The van der Waals surface area contributed by atoms with Gasteiger partial charge in [0.1, 0.15) is 11.3 Å². The molecule has 1 spiro atoms. The number of imidazole rings is 1. The summed E-state index contributed by atoms with van der Waals surface area (Å²) in [6.45, 7) is 5.70. The van der Waals surface area contributed by atoms with Crippen LogP contribution in [0.15, 0.2) is 85.1 Å². The number of anilines is 1. The Morgan fingerprint density at radius 3 is 2.42 bits per heavy atom. The number of aromatic nitrogens is 4. The molecule has 0 aliphatic carbocycles. The van der Waals surface area contributed by atoms with E-state index in [-0.39, 0.29) is 0 Å². The molecule has 0 unspecified atom stereocenters. The van der Waals surface area contributed by atoms with Gasteiger partial charge in [0.2, 0.25) is 0 Å². The highest BCUT2D eigenvalue weighted by atomic mass is 15.1. The van der Waals surface area contributed by atoms with Crippen molar-refractivity contribution in [2.45, 2.75) is 32.2 Å². The quantitative estimate of drug-likeness (QED) is 0.304. The summed E-state index contributed by atoms with van der Waals surface area (Å²) in [5.74, 6) is 1.20. The van der Waals surface area contributed by atoms with E-state index in [0.717, 1.165) is 46.0 Å². The van der Waals surface area contributed by atoms with Gasteiger partial charge in [0.15, 0.2) is 11.5 Å². The molecule has 2 saturated heterocycles. The van der Waals surface area contributed by atoms with E-state index in [1.807, 2.05) is 42.5 Å². The van der Waals surface area contributed by atoms with Gasteiger partial charge in [-0.15, -0.1) is 0 Å². The highest BCUT2D eigenvalue weighted by Crippen LogP contribution is 2.38. The predicted molar refractivity (Wildman–Crippen MR) is 161 cm³/mol. The second-order valence-electron chi connectivity index (χ2n) is 11.3. The normalized spacial score (nSPS) is 17.4. The van der Waals surface area contributed by atoms with E-state index in [1.54, 1.807) is 6.20 Å². The van der Waals surface area contributed by atoms with Crippen LogP contribution in [0.3, 0.4) is 0 Å². The minimum absolute atomic E-state index is 0.454. The summed E-state index contributed by atoms with van der Waals surface area (Å²) < 4.78 is 2.11. The molecule has 7 rings (SSSR count). The molecule has 40 heavy (non-hydrogen) atoms. The molecule has 0 radical (unpaired) electrons. The van der Waals surface area contributed by atoms with Gasteiger partial charge in [0.05, 0.1) is 11.3 Å². The van der Waals surface area contributed by atoms with Crippen LogP contribution in [0.1, 0.15) is 31.2 Å². The summed E-state index contributed by atoms with van der Waals surface area (Å²) in [6.07, 6.45) is 7.00. The smallest absolute Gasteiger partial charge is 0.165 e. The molecule has 0 saturated carbocycles. The lowest BCUT2D eigenvalue weighted by Crippen LogP contribution is -2.47. The van der Waals surface area contributed by atoms with Crippen molar-refractivity contribution in [1.82, 2.24) is 29.7 Å². The lowest BCUT2D eigenvalue weighted by Gasteiger charge is -2.44. The van der Waals surface area contributed by atoms with Crippen LogP contribution in [0.2, 0.25) is 0 Å². The van der Waals surface area contributed by atoms with Gasteiger partial charge >= 0.3 is 0 Å². The molecule has 7 heteroatoms. The highest BCUT2D eigenvalue weighted by molar-refractivity contribution is 5.84. The van der Waals surface area contributed by atoms with Crippen molar-refractivity contribution in [2.75, 3.05) is 31.9 Å². The summed E-state index contributed by atoms with van der Waals surface area (Å²) in [7, 11) is 0. The van der Waals surface area contributed by atoms with E-state index in [4.69, 9.17) is 15.7 Å². The van der Waals surface area contributed by atoms with Crippen molar-refractivity contribution in [3.8, 4) is 28.3 Å². The first kappa shape index (κ1) is 24.9. The molecule has 0 amide bonds. The molecule has 2 fully saturated rings. The van der Waals surface area contributed by atoms with Gasteiger partial charge < -0.3 is 11.1 Å². The molecule has 3 aromatic heterocycles. The van der Waals surface area contributed by atoms with Crippen LogP contribution < -0.4 is 11.1 Å². The van der Waals surface area contributed by atoms with Crippen LogP contribution in [-0.2, 0) is 6.54 Å². The molecular formula is C33H35N7. The summed E-state index contributed by atoms with van der Waals surface area (Å²) in [6, 6.07) is 27.0. The molecule has 0 bridgehead atoms. The standard InChI is InChI=1S/C33H35N7/c34-30-27(8-4-19-36-30)31-38-29-14-13-28(25-6-2-1-3-7-25)37-32(29)40(31)26-11-9-24(10-12-26)22-39-20-16-33(17-21-39)15-5-18-35-23-33/h1-4,6-14,19,35H,5,15-18,20-23H2,(H2,34,36). The van der Waals surface area contributed by atoms with Gasteiger partial charge in [0.25, 0.3) is 0 Å². The van der Waals surface area contributed by atoms with Crippen molar-refractivity contribution in [1.29, 1.82) is 0 Å². The number of piperidine rings is 2. The number of nitrogens with two attached hydrogens (primary N) is 1. The average molecular weight is 530 g/mol. The van der Waals surface area contributed by atoms with E-state index in [1.165, 1.54) is 57.4 Å². The fourth-order valence-electron chi connectivity index (χ4n) is 6.41. The number of likely N-dealkylation sites (tertiary alicyclic amines) is 1. The number of nitrogen functional groups attached to an aromatic ring is 1. The largest absolute Gasteiger partial charge is 0.383 e. The van der Waals surface area contributed by atoms with Gasteiger partial charge in [-0.1, -0.05) is 42.5 Å². The Bertz CT molecular complexity index is 1610. The molecular weight excluding hydrogens is 494 g/mol. The Morgan fingerprint density at radius 1 is 0.850 bits per heavy atom. The third-order valence-corrected chi connectivity index (χ3v) is 8.73. The summed E-state index contributed by atoms with van der Waals surface area (Å²) >= 11 is 0. The number of benzene rings is 2. The molecule has 0 atom stereocenters. The van der Waals surface area contributed by atoms with Gasteiger partial charge in [-0.2, -0.15) is 0 Å². The predicted octanol–water partition coefficient (Wildman–Crippen LogP) is 5.70. The van der Waals surface area contributed by atoms with Crippen molar-refractivity contribution in [3.05, 3.63) is 90.6 Å². The molecule has 7 nitrogen and oxygen atoms in total. The van der Waals surface area contributed by atoms with E-state index < -0.39 is 0 Å². The molecule has 5 heterocycles. The fourth-order valence-corrected chi connectivity index (χ4v) is 6.41. The maximum absolute atomic E-state index is 6.33. The first-order valence-corrected chi connectivity index (χ1v) is 14.4. The minimum Gasteiger partial charge on any atom is -0.383 e. The maximum atomic E-state index is 6.33. The SMILES string of the molecule is Nc1ncccc1-c1nc2ccc(-c3ccccc3)nc2n1-c1ccc(CN2CCC3(CCCNC3)CC2)cc1. The molecule has 3 N–H and O–H groups in total. The minimum atomic E-state index is 0.454. The van der Waals surface area contributed by atoms with Crippen LogP contribution in [0.5, 0.6) is 0 Å². The van der Waals surface area contributed by atoms with Gasteiger partial charge in [-0.05, 0) is 92.7 Å². The van der Waals surface area contributed by atoms with E-state index >= 15 is 0 Å². The van der Waals surface area contributed by atoms with Gasteiger partial charge in [-0.3, -0.25) is 9.47 Å².